The van der Waals surface area contributed by atoms with Crippen LogP contribution in [0, 0.1) is 11.2 Å². The van der Waals surface area contributed by atoms with Crippen LogP contribution in [-0.4, -0.2) is 35.3 Å². The first-order chi connectivity index (χ1) is 20.4. The number of halogens is 1. The number of hydrogen-bond acceptors (Lipinski definition) is 6. The smallest absolute Gasteiger partial charge is 0.309 e. The molecule has 5 rings (SSSR count). The Bertz CT molecular complexity index is 1730. The van der Waals surface area contributed by atoms with Gasteiger partial charge in [0.15, 0.2) is 11.6 Å². The molecule has 0 bridgehead atoms. The fraction of sp³-hybridized carbons (Fsp3) is 0.294. The number of hydrogen-bond donors (Lipinski definition) is 1. The van der Waals surface area contributed by atoms with Crippen molar-refractivity contribution in [2.75, 3.05) is 0 Å². The first kappa shape index (κ1) is 30.2. The fourth-order valence-corrected chi connectivity index (χ4v) is 5.95. The van der Waals surface area contributed by atoms with Crippen molar-refractivity contribution in [2.24, 2.45) is 5.41 Å². The third-order valence-corrected chi connectivity index (χ3v) is 8.25. The van der Waals surface area contributed by atoms with Crippen LogP contribution in [0.1, 0.15) is 51.6 Å². The van der Waals surface area contributed by atoms with Crippen LogP contribution in [0.2, 0.25) is 0 Å². The van der Waals surface area contributed by atoms with Gasteiger partial charge >= 0.3 is 5.97 Å². The minimum absolute atomic E-state index is 0.122. The molecule has 43 heavy (non-hydrogen) atoms. The second-order valence-corrected chi connectivity index (χ2v) is 14.0. The standard InChI is InChI=1S/C34H35FN4O3S/c1-33(2,3)43-30-27-16-26(42-21-25-8-6-7-15-36-25)13-14-28(27)39(29(30)17-34(4,5)32(40)41)20-22-9-11-23(12-10-22)31-37-18-24(35)19-38-31/h6-16,18-19H,17,20-21H2,1-5H3,(H,40,41). The molecule has 2 aromatic carbocycles. The van der Waals surface area contributed by atoms with Gasteiger partial charge in [-0.1, -0.05) is 51.1 Å². The molecule has 0 aliphatic carbocycles. The fourth-order valence-electron chi connectivity index (χ4n) is 4.76. The van der Waals surface area contributed by atoms with Gasteiger partial charge in [0.05, 0.1) is 23.5 Å². The number of carboxylic acid groups (broad SMARTS) is 1. The summed E-state index contributed by atoms with van der Waals surface area (Å²) in [6.07, 6.45) is 4.40. The van der Waals surface area contributed by atoms with E-state index < -0.39 is 17.2 Å². The summed E-state index contributed by atoms with van der Waals surface area (Å²) < 4.78 is 21.6. The van der Waals surface area contributed by atoms with E-state index in [1.165, 1.54) is 0 Å². The lowest BCUT2D eigenvalue weighted by Gasteiger charge is -2.24. The second-order valence-electron chi connectivity index (χ2n) is 12.2. The molecule has 7 nitrogen and oxygen atoms in total. The molecule has 0 aliphatic rings. The molecule has 0 radical (unpaired) electrons. The lowest BCUT2D eigenvalue weighted by atomic mass is 9.88. The van der Waals surface area contributed by atoms with Crippen molar-refractivity contribution in [3.63, 3.8) is 0 Å². The number of carbonyl (C=O) groups is 1. The van der Waals surface area contributed by atoms with E-state index in [-0.39, 0.29) is 4.75 Å². The Morgan fingerprint density at radius 2 is 1.70 bits per heavy atom. The number of ether oxygens (including phenoxy) is 1. The second kappa shape index (κ2) is 12.2. The van der Waals surface area contributed by atoms with Crippen LogP contribution in [-0.2, 0) is 24.4 Å². The summed E-state index contributed by atoms with van der Waals surface area (Å²) in [6.45, 7) is 10.9. The maximum atomic E-state index is 13.3. The molecule has 9 heteroatoms. The average Bonchev–Trinajstić information content (AvgIpc) is 3.22. The Hall–Kier alpha value is -4.24. The van der Waals surface area contributed by atoms with Crippen molar-refractivity contribution in [2.45, 2.75) is 63.8 Å². The van der Waals surface area contributed by atoms with Gasteiger partial charge < -0.3 is 14.4 Å². The molecule has 0 saturated carbocycles. The highest BCUT2D eigenvalue weighted by Gasteiger charge is 2.33. The van der Waals surface area contributed by atoms with Crippen LogP contribution in [0.3, 0.4) is 0 Å². The summed E-state index contributed by atoms with van der Waals surface area (Å²) in [4.78, 5) is 25.9. The minimum atomic E-state index is -0.985. The van der Waals surface area contributed by atoms with Crippen LogP contribution in [0.15, 0.2) is 84.1 Å². The van der Waals surface area contributed by atoms with E-state index in [1.807, 2.05) is 54.6 Å². The number of nitrogens with zero attached hydrogens (tertiary/aromatic N) is 4. The van der Waals surface area contributed by atoms with Gasteiger partial charge in [0.25, 0.3) is 0 Å². The highest BCUT2D eigenvalue weighted by Crippen LogP contribution is 2.44. The van der Waals surface area contributed by atoms with Gasteiger partial charge in [-0.25, -0.2) is 14.4 Å². The van der Waals surface area contributed by atoms with Gasteiger partial charge in [-0.2, -0.15) is 0 Å². The molecule has 0 aliphatic heterocycles. The number of thioether (sulfide) groups is 1. The normalized spacial score (nSPS) is 12.0. The predicted octanol–water partition coefficient (Wildman–Crippen LogP) is 7.80. The van der Waals surface area contributed by atoms with E-state index in [9.17, 15) is 14.3 Å². The van der Waals surface area contributed by atoms with Gasteiger partial charge in [-0.05, 0) is 49.7 Å². The largest absolute Gasteiger partial charge is 0.487 e. The number of rotatable bonds is 10. The summed E-state index contributed by atoms with van der Waals surface area (Å²) >= 11 is 1.74. The molecule has 1 N–H and O–H groups in total. The molecular weight excluding hydrogens is 563 g/mol. The number of pyridine rings is 1. The average molecular weight is 599 g/mol. The van der Waals surface area contributed by atoms with Crippen LogP contribution in [0.4, 0.5) is 4.39 Å². The molecule has 5 aromatic rings. The first-order valence-electron chi connectivity index (χ1n) is 14.1. The van der Waals surface area contributed by atoms with Crippen LogP contribution >= 0.6 is 11.8 Å². The number of fused-ring (bicyclic) bond motifs is 1. The Balaban J connectivity index is 1.58. The molecular formula is C34H35FN4O3S. The zero-order valence-electron chi connectivity index (χ0n) is 25.0. The third kappa shape index (κ3) is 7.22. The van der Waals surface area contributed by atoms with Gasteiger partial charge in [0.1, 0.15) is 12.4 Å². The lowest BCUT2D eigenvalue weighted by Crippen LogP contribution is -2.28. The van der Waals surface area contributed by atoms with Gasteiger partial charge in [-0.3, -0.25) is 9.78 Å². The van der Waals surface area contributed by atoms with E-state index in [4.69, 9.17) is 4.74 Å². The zero-order valence-corrected chi connectivity index (χ0v) is 25.8. The number of benzene rings is 2. The number of aliphatic carboxylic acids is 1. The Labute approximate surface area is 255 Å². The molecule has 0 atom stereocenters. The molecule has 0 fully saturated rings. The third-order valence-electron chi connectivity index (χ3n) is 6.97. The van der Waals surface area contributed by atoms with Crippen molar-refractivity contribution in [1.82, 2.24) is 19.5 Å². The molecule has 0 amide bonds. The molecule has 3 heterocycles. The maximum Gasteiger partial charge on any atom is 0.309 e. The van der Waals surface area contributed by atoms with E-state index >= 15 is 0 Å². The van der Waals surface area contributed by atoms with Crippen LogP contribution in [0.5, 0.6) is 5.75 Å². The minimum Gasteiger partial charge on any atom is -0.487 e. The SMILES string of the molecule is CC(C)(C)Sc1c(CC(C)(C)C(=O)O)n(Cc2ccc(-c3ncc(F)cn3)cc2)c2ccc(OCc3ccccn3)cc12. The molecule has 0 spiro atoms. The number of aromatic nitrogens is 4. The highest BCUT2D eigenvalue weighted by molar-refractivity contribution is 8.00. The summed E-state index contributed by atoms with van der Waals surface area (Å²) in [5, 5.41) is 11.1. The molecule has 3 aromatic heterocycles. The first-order valence-corrected chi connectivity index (χ1v) is 14.9. The summed E-state index contributed by atoms with van der Waals surface area (Å²) in [5.41, 5.74) is 3.63. The van der Waals surface area contributed by atoms with Crippen molar-refractivity contribution in [3.8, 4) is 17.1 Å². The van der Waals surface area contributed by atoms with Crippen molar-refractivity contribution in [1.29, 1.82) is 0 Å². The zero-order chi connectivity index (χ0) is 30.8. The Morgan fingerprint density at radius 1 is 0.977 bits per heavy atom. The van der Waals surface area contributed by atoms with Crippen molar-refractivity contribution >= 4 is 28.6 Å². The Morgan fingerprint density at radius 3 is 2.33 bits per heavy atom. The van der Waals surface area contributed by atoms with Crippen LogP contribution < -0.4 is 4.74 Å². The summed E-state index contributed by atoms with van der Waals surface area (Å²) in [7, 11) is 0. The highest BCUT2D eigenvalue weighted by atomic mass is 32.2. The topological polar surface area (TPSA) is 90.1 Å². The monoisotopic (exact) mass is 598 g/mol. The van der Waals surface area contributed by atoms with Crippen molar-refractivity contribution in [3.05, 3.63) is 102 Å². The van der Waals surface area contributed by atoms with Gasteiger partial charge in [-0.15, -0.1) is 11.8 Å². The predicted molar refractivity (Wildman–Crippen MR) is 168 cm³/mol. The van der Waals surface area contributed by atoms with Gasteiger partial charge in [0.2, 0.25) is 0 Å². The molecule has 0 saturated heterocycles. The van der Waals surface area contributed by atoms with Crippen LogP contribution in [0.25, 0.3) is 22.3 Å². The summed E-state index contributed by atoms with van der Waals surface area (Å²) in [6, 6.07) is 19.6. The molecule has 0 unspecified atom stereocenters. The quantitative estimate of drug-likeness (QED) is 0.164. The van der Waals surface area contributed by atoms with E-state index in [2.05, 4.69) is 46.4 Å². The number of carboxylic acids is 1. The summed E-state index contributed by atoms with van der Waals surface area (Å²) in [5.74, 6) is -0.158. The van der Waals surface area contributed by atoms with E-state index in [0.29, 0.717) is 25.4 Å². The van der Waals surface area contributed by atoms with E-state index in [1.54, 1.807) is 31.8 Å². The van der Waals surface area contributed by atoms with Crippen molar-refractivity contribution < 1.29 is 19.0 Å². The van der Waals surface area contributed by atoms with Gasteiger partial charge in [0, 0.05) is 51.0 Å². The lowest BCUT2D eigenvalue weighted by molar-refractivity contribution is -0.146. The maximum absolute atomic E-state index is 13.3. The molecule has 222 valence electrons. The van der Waals surface area contributed by atoms with E-state index in [0.717, 1.165) is 56.5 Å². The Kier molecular flexibility index (Phi) is 8.55.